The molecule has 3 heterocycles. The predicted octanol–water partition coefficient (Wildman–Crippen LogP) is 4.60. The van der Waals surface area contributed by atoms with Crippen LogP contribution in [0.4, 0.5) is 5.82 Å². The van der Waals surface area contributed by atoms with Gasteiger partial charge < -0.3 is 9.80 Å². The Bertz CT molecular complexity index is 978. The molecule has 5 nitrogen and oxygen atoms in total. The first-order valence-electron chi connectivity index (χ1n) is 10.1. The van der Waals surface area contributed by atoms with Crippen LogP contribution in [-0.4, -0.2) is 47.0 Å². The zero-order valence-electron chi connectivity index (χ0n) is 17.1. The lowest BCUT2D eigenvalue weighted by Crippen LogP contribution is -2.49. The van der Waals surface area contributed by atoms with E-state index in [-0.39, 0.29) is 5.91 Å². The van der Waals surface area contributed by atoms with Crippen LogP contribution < -0.4 is 4.90 Å². The van der Waals surface area contributed by atoms with Crippen LogP contribution in [0.5, 0.6) is 0 Å². The van der Waals surface area contributed by atoms with Gasteiger partial charge in [-0.1, -0.05) is 50.2 Å². The quantitative estimate of drug-likeness (QED) is 0.635. The van der Waals surface area contributed by atoms with E-state index in [1.165, 1.54) is 16.9 Å². The first-order chi connectivity index (χ1) is 14.0. The standard InChI is InChI=1S/C23H26N4OS/c1-16(2)20-17(3)24-21(18-8-5-4-6-9-18)25-22(20)26-11-13-27(14-12-26)23(28)19-10-7-15-29-19/h4-10,15-16H,11-14H2,1-3H3. The first kappa shape index (κ1) is 19.6. The first-order valence-corrected chi connectivity index (χ1v) is 10.9. The summed E-state index contributed by atoms with van der Waals surface area (Å²) in [6.07, 6.45) is 0. The van der Waals surface area contributed by atoms with Crippen LogP contribution in [0.1, 0.15) is 40.7 Å². The highest BCUT2D eigenvalue weighted by Crippen LogP contribution is 2.31. The second-order valence-electron chi connectivity index (χ2n) is 7.65. The maximum absolute atomic E-state index is 12.7. The fourth-order valence-corrected chi connectivity index (χ4v) is 4.57. The minimum Gasteiger partial charge on any atom is -0.353 e. The average Bonchev–Trinajstić information content (AvgIpc) is 3.28. The zero-order chi connectivity index (χ0) is 20.4. The van der Waals surface area contributed by atoms with Crippen molar-refractivity contribution in [1.82, 2.24) is 14.9 Å². The summed E-state index contributed by atoms with van der Waals surface area (Å²) in [5.41, 5.74) is 3.25. The van der Waals surface area contributed by atoms with Gasteiger partial charge in [0.15, 0.2) is 5.82 Å². The van der Waals surface area contributed by atoms with Crippen molar-refractivity contribution in [2.75, 3.05) is 31.1 Å². The molecule has 0 N–H and O–H groups in total. The molecular weight excluding hydrogens is 380 g/mol. The third kappa shape index (κ3) is 4.03. The van der Waals surface area contributed by atoms with Gasteiger partial charge >= 0.3 is 0 Å². The van der Waals surface area contributed by atoms with Gasteiger partial charge in [-0.05, 0) is 24.3 Å². The Labute approximate surface area is 176 Å². The van der Waals surface area contributed by atoms with Gasteiger partial charge in [0.05, 0.1) is 4.88 Å². The SMILES string of the molecule is Cc1nc(-c2ccccc2)nc(N2CCN(C(=O)c3cccs3)CC2)c1C(C)C. The second-order valence-corrected chi connectivity index (χ2v) is 8.59. The molecule has 1 saturated heterocycles. The molecule has 2 aromatic heterocycles. The number of carbonyl (C=O) groups is 1. The molecule has 1 aliphatic heterocycles. The number of carbonyl (C=O) groups excluding carboxylic acids is 1. The fourth-order valence-electron chi connectivity index (χ4n) is 3.88. The number of nitrogens with zero attached hydrogens (tertiary/aromatic N) is 4. The predicted molar refractivity (Wildman–Crippen MR) is 119 cm³/mol. The van der Waals surface area contributed by atoms with Crippen molar-refractivity contribution in [3.63, 3.8) is 0 Å². The summed E-state index contributed by atoms with van der Waals surface area (Å²) in [6, 6.07) is 14.0. The summed E-state index contributed by atoms with van der Waals surface area (Å²) >= 11 is 1.50. The Morgan fingerprint density at radius 1 is 1.00 bits per heavy atom. The Kier molecular flexibility index (Phi) is 5.62. The number of hydrogen-bond donors (Lipinski definition) is 0. The van der Waals surface area contributed by atoms with Gasteiger partial charge in [0.25, 0.3) is 5.91 Å². The molecule has 1 amide bonds. The number of amides is 1. The van der Waals surface area contributed by atoms with E-state index >= 15 is 0 Å². The van der Waals surface area contributed by atoms with E-state index in [0.717, 1.165) is 40.9 Å². The van der Waals surface area contributed by atoms with Gasteiger partial charge in [0, 0.05) is 43.0 Å². The van der Waals surface area contributed by atoms with E-state index in [1.807, 2.05) is 52.7 Å². The van der Waals surface area contributed by atoms with Gasteiger partial charge in [0.1, 0.15) is 5.82 Å². The van der Waals surface area contributed by atoms with Gasteiger partial charge in [0.2, 0.25) is 0 Å². The van der Waals surface area contributed by atoms with E-state index in [9.17, 15) is 4.79 Å². The number of thiophene rings is 1. The van der Waals surface area contributed by atoms with Crippen LogP contribution in [0.2, 0.25) is 0 Å². The molecule has 1 aromatic carbocycles. The largest absolute Gasteiger partial charge is 0.353 e. The summed E-state index contributed by atoms with van der Waals surface area (Å²) in [6.45, 7) is 9.42. The molecule has 1 aliphatic rings. The van der Waals surface area contributed by atoms with Gasteiger partial charge in [-0.25, -0.2) is 9.97 Å². The van der Waals surface area contributed by atoms with Crippen molar-refractivity contribution in [2.45, 2.75) is 26.7 Å². The van der Waals surface area contributed by atoms with Crippen molar-refractivity contribution < 1.29 is 4.79 Å². The third-order valence-electron chi connectivity index (χ3n) is 5.32. The molecule has 0 bridgehead atoms. The molecule has 0 radical (unpaired) electrons. The lowest BCUT2D eigenvalue weighted by molar-refractivity contribution is 0.0751. The molecule has 0 saturated carbocycles. The Balaban J connectivity index is 1.61. The number of aromatic nitrogens is 2. The Morgan fingerprint density at radius 3 is 2.34 bits per heavy atom. The molecule has 0 aliphatic carbocycles. The van der Waals surface area contributed by atoms with Crippen LogP contribution >= 0.6 is 11.3 Å². The van der Waals surface area contributed by atoms with Crippen molar-refractivity contribution in [3.05, 3.63) is 64.0 Å². The average molecular weight is 407 g/mol. The van der Waals surface area contributed by atoms with E-state index < -0.39 is 0 Å². The maximum Gasteiger partial charge on any atom is 0.264 e. The highest BCUT2D eigenvalue weighted by Gasteiger charge is 2.26. The van der Waals surface area contributed by atoms with E-state index in [4.69, 9.17) is 9.97 Å². The molecule has 150 valence electrons. The van der Waals surface area contributed by atoms with Crippen molar-refractivity contribution in [2.24, 2.45) is 0 Å². The van der Waals surface area contributed by atoms with E-state index in [0.29, 0.717) is 19.0 Å². The topological polar surface area (TPSA) is 49.3 Å². The van der Waals surface area contributed by atoms with Crippen LogP contribution in [0.15, 0.2) is 47.8 Å². The van der Waals surface area contributed by atoms with Crippen LogP contribution in [0.25, 0.3) is 11.4 Å². The smallest absolute Gasteiger partial charge is 0.264 e. The summed E-state index contributed by atoms with van der Waals surface area (Å²) in [5.74, 6) is 2.24. The molecule has 0 atom stereocenters. The summed E-state index contributed by atoms with van der Waals surface area (Å²) in [4.78, 5) is 27.5. The number of rotatable bonds is 4. The minimum absolute atomic E-state index is 0.132. The van der Waals surface area contributed by atoms with E-state index in [2.05, 4.69) is 25.7 Å². The molecule has 4 rings (SSSR count). The number of hydrogen-bond acceptors (Lipinski definition) is 5. The highest BCUT2D eigenvalue weighted by molar-refractivity contribution is 7.12. The number of anilines is 1. The summed E-state index contributed by atoms with van der Waals surface area (Å²) < 4.78 is 0. The third-order valence-corrected chi connectivity index (χ3v) is 6.18. The normalized spacial score (nSPS) is 14.5. The number of benzene rings is 1. The highest BCUT2D eigenvalue weighted by atomic mass is 32.1. The summed E-state index contributed by atoms with van der Waals surface area (Å²) in [7, 11) is 0. The molecule has 6 heteroatoms. The zero-order valence-corrected chi connectivity index (χ0v) is 17.9. The lowest BCUT2D eigenvalue weighted by atomic mass is 10.0. The Morgan fingerprint density at radius 2 is 1.72 bits per heavy atom. The van der Waals surface area contributed by atoms with Crippen LogP contribution in [0.3, 0.4) is 0 Å². The molecular formula is C23H26N4OS. The lowest BCUT2D eigenvalue weighted by Gasteiger charge is -2.36. The molecule has 29 heavy (non-hydrogen) atoms. The minimum atomic E-state index is 0.132. The van der Waals surface area contributed by atoms with Crippen LogP contribution in [-0.2, 0) is 0 Å². The molecule has 3 aromatic rings. The fraction of sp³-hybridized carbons (Fsp3) is 0.348. The van der Waals surface area contributed by atoms with Gasteiger partial charge in [-0.2, -0.15) is 0 Å². The monoisotopic (exact) mass is 406 g/mol. The number of aryl methyl sites for hydroxylation is 1. The van der Waals surface area contributed by atoms with Crippen molar-refractivity contribution in [3.8, 4) is 11.4 Å². The summed E-state index contributed by atoms with van der Waals surface area (Å²) in [5, 5.41) is 1.95. The van der Waals surface area contributed by atoms with Crippen molar-refractivity contribution in [1.29, 1.82) is 0 Å². The van der Waals surface area contributed by atoms with Crippen molar-refractivity contribution >= 4 is 23.1 Å². The van der Waals surface area contributed by atoms with Crippen LogP contribution in [0, 0.1) is 6.92 Å². The maximum atomic E-state index is 12.7. The number of piperazine rings is 1. The second kappa shape index (κ2) is 8.33. The molecule has 1 fully saturated rings. The Hall–Kier alpha value is -2.73. The molecule has 0 unspecified atom stereocenters. The van der Waals surface area contributed by atoms with Gasteiger partial charge in [-0.15, -0.1) is 11.3 Å². The van der Waals surface area contributed by atoms with Gasteiger partial charge in [-0.3, -0.25) is 4.79 Å². The van der Waals surface area contributed by atoms with E-state index in [1.54, 1.807) is 0 Å². The molecule has 0 spiro atoms.